The average Bonchev–Trinajstić information content (AvgIpc) is 2.99. The van der Waals surface area contributed by atoms with Gasteiger partial charge in [0.2, 0.25) is 0 Å². The van der Waals surface area contributed by atoms with E-state index in [0.717, 1.165) is 44.1 Å². The van der Waals surface area contributed by atoms with Crippen LogP contribution in [-0.2, 0) is 11.6 Å². The minimum absolute atomic E-state index is 0.0451. The molecule has 0 unspecified atom stereocenters. The van der Waals surface area contributed by atoms with Crippen molar-refractivity contribution >= 4 is 11.6 Å². The van der Waals surface area contributed by atoms with E-state index in [9.17, 15) is 13.2 Å². The molecule has 2 fully saturated rings. The van der Waals surface area contributed by atoms with Gasteiger partial charge in [-0.25, -0.2) is 0 Å². The Morgan fingerprint density at radius 2 is 2.20 bits per heavy atom. The van der Waals surface area contributed by atoms with Gasteiger partial charge in [-0.05, 0) is 36.9 Å². The molecule has 2 atom stereocenters. The van der Waals surface area contributed by atoms with Crippen LogP contribution in [0.15, 0.2) is 18.3 Å². The van der Waals surface area contributed by atoms with E-state index in [1.807, 2.05) is 0 Å². The maximum atomic E-state index is 12.5. The number of rotatable bonds is 4. The molecule has 0 spiro atoms. The van der Waals surface area contributed by atoms with Gasteiger partial charge in [-0.2, -0.15) is 13.2 Å². The molecule has 3 rings (SSSR count). The fourth-order valence-corrected chi connectivity index (χ4v) is 3.46. The molecule has 1 aliphatic carbocycles. The van der Waals surface area contributed by atoms with Crippen molar-refractivity contribution in [3.8, 4) is 0 Å². The van der Waals surface area contributed by atoms with Gasteiger partial charge in [-0.15, -0.1) is 11.6 Å². The van der Waals surface area contributed by atoms with Gasteiger partial charge in [0, 0.05) is 30.6 Å². The summed E-state index contributed by atoms with van der Waals surface area (Å²) in [6.45, 7) is 2.91. The molecule has 0 radical (unpaired) electrons. The van der Waals surface area contributed by atoms with Crippen molar-refractivity contribution in [2.75, 3.05) is 25.5 Å². The van der Waals surface area contributed by atoms with E-state index in [1.54, 1.807) is 6.07 Å². The van der Waals surface area contributed by atoms with Crippen LogP contribution in [0.25, 0.3) is 0 Å². The first-order valence-corrected chi connectivity index (χ1v) is 7.31. The number of pyridine rings is 1. The fraction of sp³-hybridized carbons (Fsp3) is 0.643. The smallest absolute Gasteiger partial charge is 0.302 e. The van der Waals surface area contributed by atoms with Crippen LogP contribution in [0.5, 0.6) is 0 Å². The highest BCUT2D eigenvalue weighted by atomic mass is 35.5. The summed E-state index contributed by atoms with van der Waals surface area (Å²) in [6.07, 6.45) is -0.928. The number of halogens is 4. The van der Waals surface area contributed by atoms with Gasteiger partial charge < -0.3 is 4.90 Å². The predicted molar refractivity (Wildman–Crippen MR) is 70.8 cm³/mol. The maximum Gasteiger partial charge on any atom is 0.433 e. The van der Waals surface area contributed by atoms with Crippen molar-refractivity contribution in [3.05, 3.63) is 29.6 Å². The average molecular weight is 305 g/mol. The van der Waals surface area contributed by atoms with Crippen LogP contribution in [0.4, 0.5) is 13.2 Å². The molecular weight excluding hydrogens is 289 g/mol. The summed E-state index contributed by atoms with van der Waals surface area (Å²) in [5.41, 5.74) is 0.180. The molecule has 6 heteroatoms. The Morgan fingerprint density at radius 3 is 2.80 bits per heavy atom. The maximum absolute atomic E-state index is 12.5. The van der Waals surface area contributed by atoms with E-state index >= 15 is 0 Å². The molecule has 2 aliphatic rings. The number of nitrogens with zero attached hydrogens (tertiary/aromatic N) is 2. The molecule has 20 heavy (non-hydrogen) atoms. The highest BCUT2D eigenvalue weighted by molar-refractivity contribution is 6.17. The van der Waals surface area contributed by atoms with Gasteiger partial charge in [0.05, 0.1) is 0 Å². The molecule has 1 saturated heterocycles. The fourth-order valence-electron chi connectivity index (χ4n) is 3.34. The molecule has 110 valence electrons. The lowest BCUT2D eigenvalue weighted by atomic mass is 9.96. The molecule has 1 aromatic rings. The monoisotopic (exact) mass is 304 g/mol. The summed E-state index contributed by atoms with van der Waals surface area (Å²) in [4.78, 5) is 5.94. The number of fused-ring (bicyclic) bond motifs is 1. The van der Waals surface area contributed by atoms with Crippen LogP contribution < -0.4 is 0 Å². The number of hydrogen-bond acceptors (Lipinski definition) is 2. The van der Waals surface area contributed by atoms with E-state index in [0.29, 0.717) is 11.8 Å². The standard InChI is InChI=1S/C14H16ClF3N2/c15-4-1-5-20-8-11-6-13(11,9-20)10-2-3-12(19-7-10)14(16,17)18/h2-3,7,11H,1,4-6,8-9H2/t11-,13+/m0/s1. The topological polar surface area (TPSA) is 16.1 Å². The quantitative estimate of drug-likeness (QED) is 0.794. The lowest BCUT2D eigenvalue weighted by molar-refractivity contribution is -0.141. The summed E-state index contributed by atoms with van der Waals surface area (Å²) < 4.78 is 37.6. The summed E-state index contributed by atoms with van der Waals surface area (Å²) in [7, 11) is 0. The van der Waals surface area contributed by atoms with Crippen LogP contribution in [0.3, 0.4) is 0 Å². The van der Waals surface area contributed by atoms with Crippen molar-refractivity contribution in [1.82, 2.24) is 9.88 Å². The van der Waals surface area contributed by atoms with E-state index in [4.69, 9.17) is 11.6 Å². The van der Waals surface area contributed by atoms with Crippen LogP contribution in [0, 0.1) is 5.92 Å². The zero-order chi connectivity index (χ0) is 14.4. The normalized spacial score (nSPS) is 29.5. The second-order valence-corrected chi connectivity index (χ2v) is 6.14. The van der Waals surface area contributed by atoms with Crippen molar-refractivity contribution in [2.45, 2.75) is 24.4 Å². The van der Waals surface area contributed by atoms with E-state index in [-0.39, 0.29) is 5.41 Å². The molecule has 0 N–H and O–H groups in total. The summed E-state index contributed by atoms with van der Waals surface area (Å²) in [5.74, 6) is 1.21. The summed E-state index contributed by atoms with van der Waals surface area (Å²) in [5, 5.41) is 0. The highest BCUT2D eigenvalue weighted by Gasteiger charge is 2.60. The second kappa shape index (κ2) is 4.88. The van der Waals surface area contributed by atoms with Crippen LogP contribution in [0.2, 0.25) is 0 Å². The molecule has 0 aromatic carbocycles. The van der Waals surface area contributed by atoms with Crippen LogP contribution >= 0.6 is 11.6 Å². The summed E-state index contributed by atoms with van der Waals surface area (Å²) in [6, 6.07) is 2.70. The van der Waals surface area contributed by atoms with Gasteiger partial charge in [0.25, 0.3) is 0 Å². The van der Waals surface area contributed by atoms with Crippen molar-refractivity contribution in [2.24, 2.45) is 5.92 Å². The zero-order valence-corrected chi connectivity index (χ0v) is 11.7. The second-order valence-electron chi connectivity index (χ2n) is 5.76. The number of likely N-dealkylation sites (tertiary alicyclic amines) is 1. The lowest BCUT2D eigenvalue weighted by Crippen LogP contribution is -2.28. The summed E-state index contributed by atoms with van der Waals surface area (Å²) >= 11 is 5.70. The number of alkyl halides is 4. The third-order valence-corrected chi connectivity index (χ3v) is 4.72. The Morgan fingerprint density at radius 1 is 1.40 bits per heavy atom. The van der Waals surface area contributed by atoms with Crippen LogP contribution in [-0.4, -0.2) is 35.4 Å². The zero-order valence-electron chi connectivity index (χ0n) is 11.0. The molecule has 0 bridgehead atoms. The highest BCUT2D eigenvalue weighted by Crippen LogP contribution is 2.58. The Bertz CT molecular complexity index is 488. The number of piperidine rings is 1. The first kappa shape index (κ1) is 14.1. The van der Waals surface area contributed by atoms with Gasteiger partial charge in [0.1, 0.15) is 5.69 Å². The minimum atomic E-state index is -4.36. The van der Waals surface area contributed by atoms with Gasteiger partial charge >= 0.3 is 6.18 Å². The van der Waals surface area contributed by atoms with Gasteiger partial charge in [-0.3, -0.25) is 4.98 Å². The first-order valence-electron chi connectivity index (χ1n) is 6.78. The molecule has 0 amide bonds. The third-order valence-electron chi connectivity index (χ3n) is 4.45. The first-order chi connectivity index (χ1) is 9.45. The molecule has 1 saturated carbocycles. The van der Waals surface area contributed by atoms with E-state index in [1.165, 1.54) is 6.20 Å². The van der Waals surface area contributed by atoms with Crippen molar-refractivity contribution in [1.29, 1.82) is 0 Å². The lowest BCUT2D eigenvalue weighted by Gasteiger charge is -2.20. The Labute approximate surface area is 120 Å². The largest absolute Gasteiger partial charge is 0.433 e. The Kier molecular flexibility index (Phi) is 3.45. The van der Waals surface area contributed by atoms with Crippen molar-refractivity contribution in [3.63, 3.8) is 0 Å². The third kappa shape index (κ3) is 2.42. The molecule has 2 heterocycles. The van der Waals surface area contributed by atoms with Crippen LogP contribution in [0.1, 0.15) is 24.1 Å². The van der Waals surface area contributed by atoms with E-state index in [2.05, 4.69) is 9.88 Å². The number of aromatic nitrogens is 1. The van der Waals surface area contributed by atoms with E-state index < -0.39 is 11.9 Å². The number of hydrogen-bond donors (Lipinski definition) is 0. The Balaban J connectivity index is 1.71. The molecule has 1 aliphatic heterocycles. The van der Waals surface area contributed by atoms with Gasteiger partial charge in [0.15, 0.2) is 0 Å². The minimum Gasteiger partial charge on any atom is -0.302 e. The van der Waals surface area contributed by atoms with Gasteiger partial charge in [-0.1, -0.05) is 6.07 Å². The Hall–Kier alpha value is -0.810. The SMILES string of the molecule is FC(F)(F)c1ccc([C@]23C[C@H]2CN(CCCCl)C3)cn1. The molecular formula is C14H16ClF3N2. The predicted octanol–water partition coefficient (Wildman–Crippen LogP) is 3.30. The molecule has 2 nitrogen and oxygen atoms in total. The van der Waals surface area contributed by atoms with Crippen molar-refractivity contribution < 1.29 is 13.2 Å². The molecule has 1 aromatic heterocycles.